The van der Waals surface area contributed by atoms with Gasteiger partial charge in [-0.25, -0.2) is 9.97 Å². The lowest BCUT2D eigenvalue weighted by Gasteiger charge is -2.38. The Labute approximate surface area is 221 Å². The van der Waals surface area contributed by atoms with Crippen molar-refractivity contribution in [3.8, 4) is 11.6 Å². The second kappa shape index (κ2) is 11.0. The van der Waals surface area contributed by atoms with Crippen LogP contribution in [0.25, 0.3) is 0 Å². The van der Waals surface area contributed by atoms with E-state index in [4.69, 9.17) is 4.74 Å². The van der Waals surface area contributed by atoms with Gasteiger partial charge in [-0.05, 0) is 50.9 Å². The summed E-state index contributed by atoms with van der Waals surface area (Å²) in [5.74, 6) is 1.07. The first-order valence-corrected chi connectivity index (χ1v) is 13.4. The van der Waals surface area contributed by atoms with Crippen molar-refractivity contribution in [3.63, 3.8) is 0 Å². The van der Waals surface area contributed by atoms with Gasteiger partial charge in [0, 0.05) is 42.9 Å². The molecule has 0 amide bonds. The average molecular weight is 533 g/mol. The molecule has 0 N–H and O–H groups in total. The van der Waals surface area contributed by atoms with Crippen LogP contribution in [0, 0.1) is 0 Å². The van der Waals surface area contributed by atoms with E-state index in [1.54, 1.807) is 12.3 Å². The van der Waals surface area contributed by atoms with Crippen molar-refractivity contribution in [2.24, 2.45) is 0 Å². The molecule has 5 nitrogen and oxygen atoms in total. The van der Waals surface area contributed by atoms with Crippen molar-refractivity contribution in [1.29, 1.82) is 0 Å². The maximum Gasteiger partial charge on any atom is 0.436 e. The highest BCUT2D eigenvalue weighted by Crippen LogP contribution is 2.43. The predicted octanol–water partition coefficient (Wildman–Crippen LogP) is 7.16. The van der Waals surface area contributed by atoms with Crippen LogP contribution in [-0.4, -0.2) is 48.1 Å². The molecule has 1 aliphatic rings. The summed E-state index contributed by atoms with van der Waals surface area (Å²) < 4.78 is 48.7. The summed E-state index contributed by atoms with van der Waals surface area (Å²) in [6, 6.07) is 11.4. The zero-order valence-electron chi connectivity index (χ0n) is 22.1. The number of hydrogen-bond acceptors (Lipinski definition) is 6. The van der Waals surface area contributed by atoms with Crippen LogP contribution in [0.3, 0.4) is 0 Å². The molecule has 0 bridgehead atoms. The Morgan fingerprint density at radius 3 is 2.54 bits per heavy atom. The van der Waals surface area contributed by atoms with Gasteiger partial charge in [0.15, 0.2) is 5.69 Å². The lowest BCUT2D eigenvalue weighted by Crippen LogP contribution is -2.45. The lowest BCUT2D eigenvalue weighted by atomic mass is 9.86. The predicted molar refractivity (Wildman–Crippen MR) is 143 cm³/mol. The average Bonchev–Trinajstić information content (AvgIpc) is 3.24. The summed E-state index contributed by atoms with van der Waals surface area (Å²) >= 11 is 1.13. The van der Waals surface area contributed by atoms with E-state index in [9.17, 15) is 13.2 Å². The summed E-state index contributed by atoms with van der Waals surface area (Å²) in [7, 11) is 3.91. The third kappa shape index (κ3) is 6.62. The number of anilines is 1. The van der Waals surface area contributed by atoms with Crippen LogP contribution in [0.5, 0.6) is 11.6 Å². The molecule has 1 fully saturated rings. The number of benzene rings is 1. The molecule has 0 aliphatic carbocycles. The largest absolute Gasteiger partial charge is 0.438 e. The molecule has 1 aromatic carbocycles. The Balaban J connectivity index is 1.67. The van der Waals surface area contributed by atoms with E-state index in [2.05, 4.69) is 30.7 Å². The normalized spacial score (nSPS) is 16.9. The van der Waals surface area contributed by atoms with Gasteiger partial charge in [0.25, 0.3) is 0 Å². The molecule has 3 heterocycles. The van der Waals surface area contributed by atoms with Crippen LogP contribution in [-0.2, 0) is 18.0 Å². The number of pyridine rings is 1. The first-order valence-electron chi connectivity index (χ1n) is 12.6. The highest BCUT2D eigenvalue weighted by molar-refractivity contribution is 7.16. The number of piperidine rings is 1. The van der Waals surface area contributed by atoms with Gasteiger partial charge in [-0.1, -0.05) is 45.0 Å². The minimum absolute atomic E-state index is 0.0318. The van der Waals surface area contributed by atoms with Gasteiger partial charge in [0.2, 0.25) is 5.88 Å². The number of hydrogen-bond donors (Lipinski definition) is 0. The zero-order chi connectivity index (χ0) is 26.8. The van der Waals surface area contributed by atoms with Gasteiger partial charge < -0.3 is 14.5 Å². The highest BCUT2D eigenvalue weighted by atomic mass is 32.1. The van der Waals surface area contributed by atoms with Crippen LogP contribution < -0.4 is 9.64 Å². The highest BCUT2D eigenvalue weighted by Gasteiger charge is 2.41. The molecular formula is C28H35F3N4OS. The fourth-order valence-electron chi connectivity index (χ4n) is 4.78. The number of rotatable bonds is 7. The van der Waals surface area contributed by atoms with Crippen molar-refractivity contribution < 1.29 is 17.9 Å². The second-order valence-electron chi connectivity index (χ2n) is 10.9. The number of likely N-dealkylation sites (N-methyl/N-ethyl adjacent to an activating group) is 1. The van der Waals surface area contributed by atoms with Gasteiger partial charge in [0.05, 0.1) is 5.01 Å². The number of para-hydroxylation sites is 1. The van der Waals surface area contributed by atoms with E-state index in [1.165, 1.54) is 0 Å². The van der Waals surface area contributed by atoms with Gasteiger partial charge >= 0.3 is 6.18 Å². The molecule has 1 aliphatic heterocycles. The summed E-state index contributed by atoms with van der Waals surface area (Å²) in [6.45, 7) is 7.63. The van der Waals surface area contributed by atoms with Crippen molar-refractivity contribution in [3.05, 3.63) is 64.4 Å². The second-order valence-corrected chi connectivity index (χ2v) is 11.9. The van der Waals surface area contributed by atoms with E-state index in [-0.39, 0.29) is 22.9 Å². The number of ether oxygens (including phenoxy) is 1. The molecule has 4 rings (SSSR count). The molecule has 1 atom stereocenters. The molecule has 1 saturated heterocycles. The Bertz CT molecular complexity index is 1200. The monoisotopic (exact) mass is 532 g/mol. The molecule has 9 heteroatoms. The Morgan fingerprint density at radius 1 is 1.08 bits per heavy atom. The summed E-state index contributed by atoms with van der Waals surface area (Å²) in [6.07, 6.45) is 0.0879. The smallest absolute Gasteiger partial charge is 0.436 e. The first kappa shape index (κ1) is 27.4. The maximum absolute atomic E-state index is 14.1. The van der Waals surface area contributed by atoms with Crippen LogP contribution in [0.15, 0.2) is 42.6 Å². The van der Waals surface area contributed by atoms with E-state index in [0.29, 0.717) is 35.3 Å². The SMILES string of the molecule is CN(C)CC1CCCCN1c1sc(Cc2cccnc2Oc2ccccc2C(C)(C)C)nc1C(F)(F)F. The fourth-order valence-corrected chi connectivity index (χ4v) is 5.99. The van der Waals surface area contributed by atoms with Crippen LogP contribution >= 0.6 is 11.3 Å². The topological polar surface area (TPSA) is 41.5 Å². The molecule has 3 aromatic rings. The Morgan fingerprint density at radius 2 is 1.84 bits per heavy atom. The van der Waals surface area contributed by atoms with E-state index >= 15 is 0 Å². The first-order chi connectivity index (χ1) is 17.4. The fraction of sp³-hybridized carbons (Fsp3) is 0.500. The lowest BCUT2D eigenvalue weighted by molar-refractivity contribution is -0.140. The van der Waals surface area contributed by atoms with Crippen LogP contribution in [0.4, 0.5) is 18.2 Å². The minimum Gasteiger partial charge on any atom is -0.438 e. The maximum atomic E-state index is 14.1. The third-order valence-corrected chi connectivity index (χ3v) is 7.57. The number of alkyl halides is 3. The van der Waals surface area contributed by atoms with E-state index < -0.39 is 11.9 Å². The summed E-state index contributed by atoms with van der Waals surface area (Å²) in [4.78, 5) is 12.5. The molecule has 200 valence electrons. The molecule has 2 aromatic heterocycles. The van der Waals surface area contributed by atoms with Gasteiger partial charge in [-0.3, -0.25) is 0 Å². The Kier molecular flexibility index (Phi) is 8.14. The zero-order valence-corrected chi connectivity index (χ0v) is 22.9. The number of nitrogens with zero attached hydrogens (tertiary/aromatic N) is 4. The summed E-state index contributed by atoms with van der Waals surface area (Å²) in [5, 5.41) is 0.622. The molecule has 0 spiro atoms. The molecule has 0 saturated carbocycles. The number of halogens is 3. The quantitative estimate of drug-likeness (QED) is 0.323. The molecule has 37 heavy (non-hydrogen) atoms. The number of aromatic nitrogens is 2. The summed E-state index contributed by atoms with van der Waals surface area (Å²) in [5.41, 5.74) is 0.792. The van der Waals surface area contributed by atoms with Gasteiger partial charge in [-0.2, -0.15) is 13.2 Å². The standard InChI is InChI=1S/C28H35F3N4OS/c1-27(2,3)21-13-6-7-14-22(21)36-25-19(11-10-15-32-25)17-23-33-24(28(29,30)31)26(37-23)35-16-9-8-12-20(35)18-34(4)5/h6-7,10-11,13-15,20H,8-9,12,16-18H2,1-5H3. The van der Waals surface area contributed by atoms with Gasteiger partial charge in [-0.15, -0.1) is 11.3 Å². The minimum atomic E-state index is -4.52. The van der Waals surface area contributed by atoms with E-state index in [1.807, 2.05) is 54.2 Å². The third-order valence-electron chi connectivity index (χ3n) is 6.48. The van der Waals surface area contributed by atoms with E-state index in [0.717, 1.165) is 36.2 Å². The van der Waals surface area contributed by atoms with Crippen molar-refractivity contribution >= 4 is 16.3 Å². The molecule has 0 radical (unpaired) electrons. The Hall–Kier alpha value is -2.65. The van der Waals surface area contributed by atoms with Crippen molar-refractivity contribution in [2.75, 3.05) is 32.1 Å². The van der Waals surface area contributed by atoms with Crippen molar-refractivity contribution in [1.82, 2.24) is 14.9 Å². The van der Waals surface area contributed by atoms with Gasteiger partial charge in [0.1, 0.15) is 10.8 Å². The van der Waals surface area contributed by atoms with Crippen molar-refractivity contribution in [2.45, 2.75) is 64.1 Å². The molecular weight excluding hydrogens is 497 g/mol. The van der Waals surface area contributed by atoms with Crippen LogP contribution in [0.2, 0.25) is 0 Å². The van der Waals surface area contributed by atoms with Crippen LogP contribution in [0.1, 0.15) is 61.9 Å². The molecule has 1 unspecified atom stereocenters. The number of thiazole rings is 1.